The predicted octanol–water partition coefficient (Wildman–Crippen LogP) is 3.08. The van der Waals surface area contributed by atoms with E-state index in [4.69, 9.17) is 5.11 Å². The third-order valence-corrected chi connectivity index (χ3v) is 3.40. The molecule has 0 saturated carbocycles. The van der Waals surface area contributed by atoms with Crippen LogP contribution in [0.15, 0.2) is 48.5 Å². The van der Waals surface area contributed by atoms with E-state index in [1.807, 2.05) is 31.2 Å². The van der Waals surface area contributed by atoms with Crippen LogP contribution in [0.4, 0.5) is 11.4 Å². The zero-order valence-corrected chi connectivity index (χ0v) is 11.9. The molecule has 0 atom stereocenters. The van der Waals surface area contributed by atoms with Crippen LogP contribution in [-0.4, -0.2) is 29.7 Å². The zero-order chi connectivity index (χ0) is 15.2. The van der Waals surface area contributed by atoms with E-state index in [2.05, 4.69) is 4.90 Å². The Balaban J connectivity index is 2.20. The lowest BCUT2D eigenvalue weighted by atomic mass is 10.0. The second-order valence-corrected chi connectivity index (χ2v) is 4.65. The third kappa shape index (κ3) is 3.58. The average Bonchev–Trinajstić information content (AvgIpc) is 2.53. The lowest BCUT2D eigenvalue weighted by Gasteiger charge is -2.22. The minimum atomic E-state index is -0.402. The molecule has 0 aliphatic carbocycles. The Morgan fingerprint density at radius 3 is 2.00 bits per heavy atom. The summed E-state index contributed by atoms with van der Waals surface area (Å²) in [6.07, 6.45) is 0. The molecule has 0 radical (unpaired) electrons. The van der Waals surface area contributed by atoms with Gasteiger partial charge in [-0.2, -0.15) is 0 Å². The molecule has 110 valence electrons. The van der Waals surface area contributed by atoms with Crippen molar-refractivity contribution in [1.82, 2.24) is 0 Å². The van der Waals surface area contributed by atoms with Crippen molar-refractivity contribution in [2.45, 2.75) is 6.92 Å². The van der Waals surface area contributed by atoms with Crippen molar-refractivity contribution in [1.29, 1.82) is 0 Å². The van der Waals surface area contributed by atoms with Gasteiger partial charge in [0.15, 0.2) is 0 Å². The number of hydrogen-bond donors (Lipinski definition) is 1. The highest BCUT2D eigenvalue weighted by Crippen LogP contribution is 2.25. The highest BCUT2D eigenvalue weighted by atomic mass is 16.6. The molecule has 0 aliphatic rings. The normalized spacial score (nSPS) is 10.4. The molecular formula is C16H18N2O3. The highest BCUT2D eigenvalue weighted by molar-refractivity contribution is 5.67. The van der Waals surface area contributed by atoms with Crippen LogP contribution >= 0.6 is 0 Å². The summed E-state index contributed by atoms with van der Waals surface area (Å²) in [5, 5.41) is 19.7. The van der Waals surface area contributed by atoms with Gasteiger partial charge in [-0.15, -0.1) is 0 Å². The monoisotopic (exact) mass is 286 g/mol. The molecule has 0 bridgehead atoms. The first-order chi connectivity index (χ1) is 10.2. The molecule has 21 heavy (non-hydrogen) atoms. The molecule has 5 heteroatoms. The molecule has 0 amide bonds. The Morgan fingerprint density at radius 2 is 1.57 bits per heavy atom. The van der Waals surface area contributed by atoms with Crippen LogP contribution in [0.1, 0.15) is 6.92 Å². The fourth-order valence-corrected chi connectivity index (χ4v) is 2.23. The predicted molar refractivity (Wildman–Crippen MR) is 83.5 cm³/mol. The summed E-state index contributed by atoms with van der Waals surface area (Å²) in [4.78, 5) is 12.3. The number of anilines is 1. The molecular weight excluding hydrogens is 268 g/mol. The number of aliphatic hydroxyl groups is 1. The number of non-ortho nitro benzene ring substituents is 1. The SMILES string of the molecule is CCN(CCO)c1ccc(-c2ccc([N+](=O)[O-])cc2)cc1. The summed E-state index contributed by atoms with van der Waals surface area (Å²) in [5.41, 5.74) is 3.10. The number of hydrogen-bond acceptors (Lipinski definition) is 4. The van der Waals surface area contributed by atoms with Gasteiger partial charge in [0.2, 0.25) is 0 Å². The summed E-state index contributed by atoms with van der Waals surface area (Å²) in [6.45, 7) is 3.60. The number of aliphatic hydroxyl groups excluding tert-OH is 1. The Bertz CT molecular complexity index is 594. The van der Waals surface area contributed by atoms with Gasteiger partial charge in [-0.25, -0.2) is 0 Å². The molecule has 0 unspecified atom stereocenters. The van der Waals surface area contributed by atoms with E-state index in [1.54, 1.807) is 12.1 Å². The number of nitro benzene ring substituents is 1. The maximum absolute atomic E-state index is 10.6. The van der Waals surface area contributed by atoms with E-state index in [0.29, 0.717) is 6.54 Å². The van der Waals surface area contributed by atoms with Crippen LogP contribution in [-0.2, 0) is 0 Å². The van der Waals surface area contributed by atoms with E-state index in [9.17, 15) is 10.1 Å². The molecule has 0 fully saturated rings. The number of likely N-dealkylation sites (N-methyl/N-ethyl adjacent to an activating group) is 1. The zero-order valence-electron chi connectivity index (χ0n) is 11.9. The summed E-state index contributed by atoms with van der Waals surface area (Å²) in [6, 6.07) is 14.5. The third-order valence-electron chi connectivity index (χ3n) is 3.40. The molecule has 0 aromatic heterocycles. The van der Waals surface area contributed by atoms with Crippen LogP contribution in [0.2, 0.25) is 0 Å². The van der Waals surface area contributed by atoms with Crippen molar-refractivity contribution in [3.63, 3.8) is 0 Å². The van der Waals surface area contributed by atoms with Crippen LogP contribution in [0.5, 0.6) is 0 Å². The Kier molecular flexibility index (Phi) is 4.90. The maximum atomic E-state index is 10.6. The second kappa shape index (κ2) is 6.85. The van der Waals surface area contributed by atoms with Crippen molar-refractivity contribution in [2.24, 2.45) is 0 Å². The second-order valence-electron chi connectivity index (χ2n) is 4.65. The number of nitro groups is 1. The van der Waals surface area contributed by atoms with Crippen molar-refractivity contribution in [2.75, 3.05) is 24.6 Å². The van der Waals surface area contributed by atoms with Gasteiger partial charge in [-0.3, -0.25) is 10.1 Å². The van der Waals surface area contributed by atoms with Gasteiger partial charge in [0.25, 0.3) is 5.69 Å². The van der Waals surface area contributed by atoms with E-state index < -0.39 is 4.92 Å². The minimum absolute atomic E-state index is 0.0930. The summed E-state index contributed by atoms with van der Waals surface area (Å²) < 4.78 is 0. The number of nitrogens with zero attached hydrogens (tertiary/aromatic N) is 2. The smallest absolute Gasteiger partial charge is 0.269 e. The largest absolute Gasteiger partial charge is 0.395 e. The lowest BCUT2D eigenvalue weighted by Crippen LogP contribution is -2.25. The number of rotatable bonds is 6. The Hall–Kier alpha value is -2.40. The van der Waals surface area contributed by atoms with Crippen LogP contribution in [0.25, 0.3) is 11.1 Å². The fourth-order valence-electron chi connectivity index (χ4n) is 2.23. The number of benzene rings is 2. The van der Waals surface area contributed by atoms with Gasteiger partial charge in [-0.1, -0.05) is 12.1 Å². The van der Waals surface area contributed by atoms with Crippen molar-refractivity contribution < 1.29 is 10.0 Å². The van der Waals surface area contributed by atoms with Crippen LogP contribution in [0.3, 0.4) is 0 Å². The van der Waals surface area contributed by atoms with E-state index in [0.717, 1.165) is 23.4 Å². The van der Waals surface area contributed by atoms with Crippen LogP contribution in [0, 0.1) is 10.1 Å². The molecule has 0 aliphatic heterocycles. The summed E-state index contributed by atoms with van der Waals surface area (Å²) >= 11 is 0. The molecule has 2 aromatic carbocycles. The topological polar surface area (TPSA) is 66.6 Å². The van der Waals surface area contributed by atoms with Crippen molar-refractivity contribution in [3.8, 4) is 11.1 Å². The molecule has 2 rings (SSSR count). The molecule has 1 N–H and O–H groups in total. The van der Waals surface area contributed by atoms with E-state index >= 15 is 0 Å². The average molecular weight is 286 g/mol. The highest BCUT2D eigenvalue weighted by Gasteiger charge is 2.06. The first kappa shape index (κ1) is 15.0. The molecule has 0 spiro atoms. The molecule has 0 heterocycles. The summed E-state index contributed by atoms with van der Waals surface area (Å²) in [7, 11) is 0. The lowest BCUT2D eigenvalue weighted by molar-refractivity contribution is -0.384. The molecule has 0 saturated heterocycles. The van der Waals surface area contributed by atoms with Crippen molar-refractivity contribution >= 4 is 11.4 Å². The summed E-state index contributed by atoms with van der Waals surface area (Å²) in [5.74, 6) is 0. The molecule has 5 nitrogen and oxygen atoms in total. The Morgan fingerprint density at radius 1 is 1.05 bits per heavy atom. The molecule has 2 aromatic rings. The van der Waals surface area contributed by atoms with E-state index in [1.165, 1.54) is 12.1 Å². The van der Waals surface area contributed by atoms with Gasteiger partial charge in [0, 0.05) is 30.9 Å². The standard InChI is InChI=1S/C16H18N2O3/c1-2-17(11-12-19)15-7-3-13(4-8-15)14-5-9-16(10-6-14)18(20)21/h3-10,19H,2,11-12H2,1H3. The minimum Gasteiger partial charge on any atom is -0.395 e. The maximum Gasteiger partial charge on any atom is 0.269 e. The van der Waals surface area contributed by atoms with Gasteiger partial charge in [0.1, 0.15) is 0 Å². The first-order valence-corrected chi connectivity index (χ1v) is 6.86. The van der Waals surface area contributed by atoms with Crippen LogP contribution < -0.4 is 4.90 Å². The van der Waals surface area contributed by atoms with Gasteiger partial charge in [0.05, 0.1) is 11.5 Å². The quantitative estimate of drug-likeness (QED) is 0.654. The van der Waals surface area contributed by atoms with Gasteiger partial charge >= 0.3 is 0 Å². The van der Waals surface area contributed by atoms with Gasteiger partial charge < -0.3 is 10.0 Å². The van der Waals surface area contributed by atoms with E-state index in [-0.39, 0.29) is 12.3 Å². The van der Waals surface area contributed by atoms with Crippen molar-refractivity contribution in [3.05, 3.63) is 58.6 Å². The van der Waals surface area contributed by atoms with Gasteiger partial charge in [-0.05, 0) is 42.3 Å². The Labute approximate surface area is 123 Å². The first-order valence-electron chi connectivity index (χ1n) is 6.86. The fraction of sp³-hybridized carbons (Fsp3) is 0.250.